The first-order chi connectivity index (χ1) is 13.8. The number of likely N-dealkylation sites (tertiary alicyclic amines) is 1. The number of hydrogen-bond acceptors (Lipinski definition) is 6. The van der Waals surface area contributed by atoms with E-state index in [9.17, 15) is 14.4 Å². The van der Waals surface area contributed by atoms with Crippen LogP contribution in [0.25, 0.3) is 0 Å². The normalized spacial score (nSPS) is 17.5. The van der Waals surface area contributed by atoms with E-state index < -0.39 is 24.3 Å². The zero-order valence-electron chi connectivity index (χ0n) is 17.6. The molecule has 1 aliphatic rings. The molecule has 0 unspecified atom stereocenters. The molecule has 1 saturated heterocycles. The van der Waals surface area contributed by atoms with Crippen molar-refractivity contribution in [2.75, 3.05) is 27.9 Å². The third kappa shape index (κ3) is 5.33. The van der Waals surface area contributed by atoms with Crippen LogP contribution in [0.3, 0.4) is 0 Å². The van der Waals surface area contributed by atoms with Crippen molar-refractivity contribution in [2.45, 2.75) is 45.1 Å². The summed E-state index contributed by atoms with van der Waals surface area (Å²) in [5.74, 6) is -1.19. The van der Waals surface area contributed by atoms with Crippen molar-refractivity contribution in [2.24, 2.45) is 5.92 Å². The molecular formula is C21H30N2O6. The monoisotopic (exact) mass is 406 g/mol. The van der Waals surface area contributed by atoms with E-state index in [0.29, 0.717) is 18.5 Å². The lowest BCUT2D eigenvalue weighted by atomic mass is 10.0. The van der Waals surface area contributed by atoms with E-state index in [4.69, 9.17) is 14.2 Å². The second-order valence-corrected chi connectivity index (χ2v) is 7.33. The number of ether oxygens (including phenoxy) is 3. The standard InChI is InChI=1S/C21H30N2O6/c1-13(2)17(19(25)23-12-6-7-16(23)20(26)27-3)22-18(24)14-8-10-15(11-9-14)21(28-4)29-5/h8-11,13,16-17,21H,6-7,12H2,1-5H3,(H,22,24)/t16-,17-/m0/s1. The first-order valence-electron chi connectivity index (χ1n) is 9.68. The average molecular weight is 406 g/mol. The quantitative estimate of drug-likeness (QED) is 0.523. The third-order valence-corrected chi connectivity index (χ3v) is 5.10. The van der Waals surface area contributed by atoms with Crippen molar-refractivity contribution >= 4 is 17.8 Å². The van der Waals surface area contributed by atoms with Crippen molar-refractivity contribution in [1.82, 2.24) is 10.2 Å². The lowest BCUT2D eigenvalue weighted by Crippen LogP contribution is -2.53. The fraction of sp³-hybridized carbons (Fsp3) is 0.571. The highest BCUT2D eigenvalue weighted by molar-refractivity contribution is 5.98. The summed E-state index contributed by atoms with van der Waals surface area (Å²) in [5.41, 5.74) is 1.20. The van der Waals surface area contributed by atoms with Crippen LogP contribution in [0.2, 0.25) is 0 Å². The highest BCUT2D eigenvalue weighted by Crippen LogP contribution is 2.22. The van der Waals surface area contributed by atoms with E-state index in [2.05, 4.69) is 5.32 Å². The smallest absolute Gasteiger partial charge is 0.328 e. The van der Waals surface area contributed by atoms with Crippen LogP contribution in [0.1, 0.15) is 48.9 Å². The van der Waals surface area contributed by atoms with E-state index >= 15 is 0 Å². The van der Waals surface area contributed by atoms with Crippen LogP contribution in [0.4, 0.5) is 0 Å². The molecule has 1 aliphatic heterocycles. The van der Waals surface area contributed by atoms with Gasteiger partial charge in [0.1, 0.15) is 12.1 Å². The predicted octanol–water partition coefficient (Wildman–Crippen LogP) is 1.90. The zero-order chi connectivity index (χ0) is 21.6. The topological polar surface area (TPSA) is 94.2 Å². The molecule has 0 spiro atoms. The molecule has 1 aromatic rings. The Morgan fingerprint density at radius 1 is 1.07 bits per heavy atom. The summed E-state index contributed by atoms with van der Waals surface area (Å²) in [6.45, 7) is 4.19. The number of carbonyl (C=O) groups excluding carboxylic acids is 3. The van der Waals surface area contributed by atoms with Gasteiger partial charge in [0, 0.05) is 31.9 Å². The Balaban J connectivity index is 2.12. The number of nitrogens with one attached hydrogen (secondary N) is 1. The van der Waals surface area contributed by atoms with Gasteiger partial charge in [0.15, 0.2) is 6.29 Å². The van der Waals surface area contributed by atoms with Crippen LogP contribution >= 0.6 is 0 Å². The number of nitrogens with zero attached hydrogens (tertiary/aromatic N) is 1. The van der Waals surface area contributed by atoms with Crippen LogP contribution in [0, 0.1) is 5.92 Å². The third-order valence-electron chi connectivity index (χ3n) is 5.10. The molecule has 8 heteroatoms. The Morgan fingerprint density at radius 2 is 1.69 bits per heavy atom. The summed E-state index contributed by atoms with van der Waals surface area (Å²) in [6, 6.07) is 5.47. The fourth-order valence-electron chi connectivity index (χ4n) is 3.49. The maximum atomic E-state index is 13.1. The van der Waals surface area contributed by atoms with Gasteiger partial charge in [-0.15, -0.1) is 0 Å². The summed E-state index contributed by atoms with van der Waals surface area (Å²) in [5, 5.41) is 2.82. The van der Waals surface area contributed by atoms with Gasteiger partial charge in [0.05, 0.1) is 7.11 Å². The minimum atomic E-state index is -0.738. The zero-order valence-corrected chi connectivity index (χ0v) is 17.6. The van der Waals surface area contributed by atoms with Crippen molar-refractivity contribution < 1.29 is 28.6 Å². The van der Waals surface area contributed by atoms with Crippen LogP contribution < -0.4 is 5.32 Å². The Labute approximate surface area is 171 Å². The summed E-state index contributed by atoms with van der Waals surface area (Å²) in [6.07, 6.45) is 0.785. The van der Waals surface area contributed by atoms with E-state index in [1.54, 1.807) is 24.3 Å². The van der Waals surface area contributed by atoms with Crippen LogP contribution in [-0.4, -0.2) is 62.6 Å². The number of esters is 1. The van der Waals surface area contributed by atoms with Gasteiger partial charge in [-0.1, -0.05) is 26.0 Å². The molecule has 8 nitrogen and oxygen atoms in total. The highest BCUT2D eigenvalue weighted by Gasteiger charge is 2.39. The molecule has 0 aliphatic carbocycles. The first-order valence-corrected chi connectivity index (χ1v) is 9.68. The second-order valence-electron chi connectivity index (χ2n) is 7.33. The molecule has 2 amide bonds. The molecule has 0 bridgehead atoms. The summed E-state index contributed by atoms with van der Waals surface area (Å²) in [4.78, 5) is 39.3. The number of amides is 2. The van der Waals surface area contributed by atoms with E-state index in [0.717, 1.165) is 12.0 Å². The lowest BCUT2D eigenvalue weighted by Gasteiger charge is -2.30. The van der Waals surface area contributed by atoms with E-state index in [1.807, 2.05) is 13.8 Å². The van der Waals surface area contributed by atoms with Crippen molar-refractivity contribution in [3.8, 4) is 0 Å². The largest absolute Gasteiger partial charge is 0.467 e. The Bertz CT molecular complexity index is 714. The molecule has 1 fully saturated rings. The van der Waals surface area contributed by atoms with Crippen molar-refractivity contribution in [3.63, 3.8) is 0 Å². The molecule has 2 atom stereocenters. The number of methoxy groups -OCH3 is 3. The molecule has 1 aromatic carbocycles. The van der Waals surface area contributed by atoms with Gasteiger partial charge in [-0.2, -0.15) is 0 Å². The summed E-state index contributed by atoms with van der Waals surface area (Å²) in [7, 11) is 4.38. The van der Waals surface area contributed by atoms with Crippen molar-refractivity contribution in [3.05, 3.63) is 35.4 Å². The Hall–Kier alpha value is -2.45. The van der Waals surface area contributed by atoms with Crippen LogP contribution in [-0.2, 0) is 23.8 Å². The molecule has 0 radical (unpaired) electrons. The predicted molar refractivity (Wildman–Crippen MR) is 106 cm³/mol. The average Bonchev–Trinajstić information content (AvgIpc) is 3.22. The Kier molecular flexibility index (Phi) is 8.16. The molecule has 29 heavy (non-hydrogen) atoms. The van der Waals surface area contributed by atoms with E-state index in [-0.39, 0.29) is 17.7 Å². The first kappa shape index (κ1) is 22.8. The number of benzene rings is 1. The summed E-state index contributed by atoms with van der Waals surface area (Å²) >= 11 is 0. The SMILES string of the molecule is COC(=O)[C@@H]1CCCN1C(=O)[C@@H](NC(=O)c1ccc(C(OC)OC)cc1)C(C)C. The molecule has 1 heterocycles. The minimum Gasteiger partial charge on any atom is -0.467 e. The van der Waals surface area contributed by atoms with Gasteiger partial charge in [0.25, 0.3) is 5.91 Å². The molecule has 2 rings (SSSR count). The number of carbonyl (C=O) groups is 3. The van der Waals surface area contributed by atoms with Gasteiger partial charge in [-0.3, -0.25) is 9.59 Å². The van der Waals surface area contributed by atoms with E-state index in [1.165, 1.54) is 26.2 Å². The van der Waals surface area contributed by atoms with Crippen molar-refractivity contribution in [1.29, 1.82) is 0 Å². The van der Waals surface area contributed by atoms with Gasteiger partial charge >= 0.3 is 5.97 Å². The van der Waals surface area contributed by atoms with Crippen LogP contribution in [0.5, 0.6) is 0 Å². The maximum Gasteiger partial charge on any atom is 0.328 e. The highest BCUT2D eigenvalue weighted by atomic mass is 16.7. The molecular weight excluding hydrogens is 376 g/mol. The number of rotatable bonds is 8. The molecule has 160 valence electrons. The lowest BCUT2D eigenvalue weighted by molar-refractivity contribution is -0.151. The molecule has 0 aromatic heterocycles. The maximum absolute atomic E-state index is 13.1. The Morgan fingerprint density at radius 3 is 2.21 bits per heavy atom. The van der Waals surface area contributed by atoms with Gasteiger partial charge < -0.3 is 24.4 Å². The van der Waals surface area contributed by atoms with Crippen LogP contribution in [0.15, 0.2) is 24.3 Å². The van der Waals surface area contributed by atoms with Gasteiger partial charge in [0.2, 0.25) is 5.91 Å². The van der Waals surface area contributed by atoms with Gasteiger partial charge in [-0.25, -0.2) is 4.79 Å². The fourth-order valence-corrected chi connectivity index (χ4v) is 3.49. The van der Waals surface area contributed by atoms with Gasteiger partial charge in [-0.05, 0) is 30.9 Å². The second kappa shape index (κ2) is 10.4. The minimum absolute atomic E-state index is 0.143. The molecule has 1 N–H and O–H groups in total. The molecule has 0 saturated carbocycles. The number of hydrogen-bond donors (Lipinski definition) is 1. The summed E-state index contributed by atoms with van der Waals surface area (Å²) < 4.78 is 15.2.